The quantitative estimate of drug-likeness (QED) is 0.634. The summed E-state index contributed by atoms with van der Waals surface area (Å²) in [7, 11) is 1.63. The van der Waals surface area contributed by atoms with E-state index in [1.807, 2.05) is 6.92 Å². The minimum absolute atomic E-state index is 0.00174. The molecule has 3 atom stereocenters. The van der Waals surface area contributed by atoms with Crippen LogP contribution in [0, 0.1) is 12.8 Å². The zero-order valence-corrected chi connectivity index (χ0v) is 17.6. The van der Waals surface area contributed by atoms with Crippen molar-refractivity contribution in [3.05, 3.63) is 16.1 Å². The Bertz CT molecular complexity index is 715. The van der Waals surface area contributed by atoms with Gasteiger partial charge in [0.25, 0.3) is 0 Å². The second-order valence-corrected chi connectivity index (χ2v) is 8.19. The predicted molar refractivity (Wildman–Crippen MR) is 102 cm³/mol. The molecule has 3 rings (SSSR count). The number of carbonyl (C=O) groups excluding carboxylic acids is 1. The number of carboxylic acids is 1. The van der Waals surface area contributed by atoms with E-state index in [1.54, 1.807) is 18.4 Å². The summed E-state index contributed by atoms with van der Waals surface area (Å²) in [6, 6.07) is 0. The molecule has 0 bridgehead atoms. The van der Waals surface area contributed by atoms with Gasteiger partial charge in [-0.3, -0.25) is 9.69 Å². The third-order valence-corrected chi connectivity index (χ3v) is 5.65. The number of carboxylic acid groups (broad SMARTS) is 1. The SMILES string of the molecule is COCCNC(=O)[C@@H]1C[C@@H]2CCN(Cc3csc(C)n3)C[C@@H]2O1.O=C(O)C(F)(F)F. The summed E-state index contributed by atoms with van der Waals surface area (Å²) < 4.78 is 42.7. The van der Waals surface area contributed by atoms with Crippen LogP contribution >= 0.6 is 11.3 Å². The molecule has 0 saturated carbocycles. The summed E-state index contributed by atoms with van der Waals surface area (Å²) in [6.07, 6.45) is -3.28. The molecular formula is C18H26F3N3O5S. The van der Waals surface area contributed by atoms with Crippen LogP contribution in [0.2, 0.25) is 0 Å². The number of amides is 1. The summed E-state index contributed by atoms with van der Waals surface area (Å²) in [6.45, 7) is 5.93. The van der Waals surface area contributed by atoms with Crippen molar-refractivity contribution in [2.45, 2.75) is 44.7 Å². The first-order valence-corrected chi connectivity index (χ1v) is 10.3. The fraction of sp³-hybridized carbons (Fsp3) is 0.722. The van der Waals surface area contributed by atoms with Gasteiger partial charge in [0.05, 0.1) is 23.4 Å². The van der Waals surface area contributed by atoms with Gasteiger partial charge in [0.15, 0.2) is 0 Å². The molecule has 12 heteroatoms. The van der Waals surface area contributed by atoms with Crippen LogP contribution < -0.4 is 5.32 Å². The average molecular weight is 453 g/mol. The zero-order chi connectivity index (χ0) is 22.3. The van der Waals surface area contributed by atoms with Crippen LogP contribution in [-0.4, -0.2) is 78.6 Å². The molecule has 1 amide bonds. The number of hydrogen-bond acceptors (Lipinski definition) is 7. The molecule has 2 N–H and O–H groups in total. The molecule has 0 spiro atoms. The number of hydrogen-bond donors (Lipinski definition) is 2. The highest BCUT2D eigenvalue weighted by Gasteiger charge is 2.41. The van der Waals surface area contributed by atoms with E-state index in [4.69, 9.17) is 19.4 Å². The summed E-state index contributed by atoms with van der Waals surface area (Å²) in [4.78, 5) is 27.9. The molecule has 1 aromatic heterocycles. The summed E-state index contributed by atoms with van der Waals surface area (Å²) in [5.74, 6) is -2.26. The monoisotopic (exact) mass is 453 g/mol. The van der Waals surface area contributed by atoms with Crippen molar-refractivity contribution in [1.82, 2.24) is 15.2 Å². The Balaban J connectivity index is 0.000000396. The van der Waals surface area contributed by atoms with E-state index in [1.165, 1.54) is 0 Å². The second-order valence-electron chi connectivity index (χ2n) is 7.13. The lowest BCUT2D eigenvalue weighted by molar-refractivity contribution is -0.192. The highest BCUT2D eigenvalue weighted by atomic mass is 32.1. The number of ether oxygens (including phenoxy) is 2. The molecule has 1 aromatic rings. The van der Waals surface area contributed by atoms with Gasteiger partial charge in [-0.05, 0) is 32.2 Å². The number of piperidine rings is 1. The van der Waals surface area contributed by atoms with Gasteiger partial charge in [-0.25, -0.2) is 9.78 Å². The first-order valence-electron chi connectivity index (χ1n) is 9.45. The van der Waals surface area contributed by atoms with Gasteiger partial charge in [-0.1, -0.05) is 0 Å². The Kier molecular flexibility index (Phi) is 9.01. The van der Waals surface area contributed by atoms with Crippen LogP contribution in [-0.2, 0) is 25.6 Å². The van der Waals surface area contributed by atoms with E-state index in [2.05, 4.69) is 20.6 Å². The lowest BCUT2D eigenvalue weighted by Crippen LogP contribution is -2.42. The van der Waals surface area contributed by atoms with E-state index in [0.717, 1.165) is 43.2 Å². The van der Waals surface area contributed by atoms with Gasteiger partial charge in [0.2, 0.25) is 5.91 Å². The van der Waals surface area contributed by atoms with Crippen molar-refractivity contribution in [1.29, 1.82) is 0 Å². The predicted octanol–water partition coefficient (Wildman–Crippen LogP) is 1.83. The number of methoxy groups -OCH3 is 1. The standard InChI is InChI=1S/C16H25N3O3S.C2HF3O2/c1-11-18-13(10-23-11)8-19-5-3-12-7-14(22-15(12)9-19)16(20)17-4-6-21-2;3-2(4,5)1(6)7/h10,12,14-15H,3-9H2,1-2H3,(H,17,20);(H,6,7)/t12-,14-,15-;/m0./s1. The highest BCUT2D eigenvalue weighted by Crippen LogP contribution is 2.33. The largest absolute Gasteiger partial charge is 0.490 e. The summed E-state index contributed by atoms with van der Waals surface area (Å²) in [5.41, 5.74) is 1.14. The minimum atomic E-state index is -5.08. The maximum absolute atomic E-state index is 12.1. The lowest BCUT2D eigenvalue weighted by Gasteiger charge is -2.33. The molecule has 0 aliphatic carbocycles. The number of carbonyl (C=O) groups is 2. The molecule has 2 fully saturated rings. The lowest BCUT2D eigenvalue weighted by atomic mass is 9.91. The third kappa shape index (κ3) is 7.49. The number of aryl methyl sites for hydroxylation is 1. The van der Waals surface area contributed by atoms with E-state index in [9.17, 15) is 18.0 Å². The van der Waals surface area contributed by atoms with Crippen LogP contribution in [0.15, 0.2) is 5.38 Å². The Morgan fingerprint density at radius 1 is 1.47 bits per heavy atom. The van der Waals surface area contributed by atoms with Crippen molar-refractivity contribution in [2.75, 3.05) is 33.4 Å². The van der Waals surface area contributed by atoms with Crippen LogP contribution in [0.4, 0.5) is 13.2 Å². The molecule has 170 valence electrons. The normalized spacial score (nSPS) is 24.0. The summed E-state index contributed by atoms with van der Waals surface area (Å²) in [5, 5.41) is 13.2. The number of fused-ring (bicyclic) bond motifs is 1. The molecule has 2 saturated heterocycles. The second kappa shape index (κ2) is 11.0. The highest BCUT2D eigenvalue weighted by molar-refractivity contribution is 7.09. The van der Waals surface area contributed by atoms with Gasteiger partial charge in [0.1, 0.15) is 6.10 Å². The fourth-order valence-electron chi connectivity index (χ4n) is 3.41. The smallest absolute Gasteiger partial charge is 0.475 e. The van der Waals surface area contributed by atoms with Crippen molar-refractivity contribution < 1.29 is 37.3 Å². The zero-order valence-electron chi connectivity index (χ0n) is 16.8. The molecule has 2 aliphatic rings. The molecule has 0 aromatic carbocycles. The molecular weight excluding hydrogens is 427 g/mol. The fourth-order valence-corrected chi connectivity index (χ4v) is 4.01. The topological polar surface area (TPSA) is 101 Å². The van der Waals surface area contributed by atoms with Crippen molar-refractivity contribution in [3.8, 4) is 0 Å². The first-order chi connectivity index (χ1) is 14.1. The summed E-state index contributed by atoms with van der Waals surface area (Å²) >= 11 is 1.69. The van der Waals surface area contributed by atoms with Gasteiger partial charge < -0.3 is 19.9 Å². The van der Waals surface area contributed by atoms with Crippen molar-refractivity contribution >= 4 is 23.2 Å². The van der Waals surface area contributed by atoms with Gasteiger partial charge >= 0.3 is 12.1 Å². The van der Waals surface area contributed by atoms with E-state index >= 15 is 0 Å². The number of likely N-dealkylation sites (tertiary alicyclic amines) is 1. The molecule has 0 unspecified atom stereocenters. The Hall–Kier alpha value is -1.76. The average Bonchev–Trinajstić information content (AvgIpc) is 3.27. The first kappa shape index (κ1) is 24.5. The van der Waals surface area contributed by atoms with Crippen LogP contribution in [0.5, 0.6) is 0 Å². The van der Waals surface area contributed by atoms with Crippen LogP contribution in [0.1, 0.15) is 23.5 Å². The third-order valence-electron chi connectivity index (χ3n) is 4.83. The molecule has 8 nitrogen and oxygen atoms in total. The Morgan fingerprint density at radius 2 is 2.17 bits per heavy atom. The molecule has 3 heterocycles. The van der Waals surface area contributed by atoms with E-state index in [0.29, 0.717) is 19.1 Å². The van der Waals surface area contributed by atoms with Crippen molar-refractivity contribution in [3.63, 3.8) is 0 Å². The number of aliphatic carboxylic acids is 1. The minimum Gasteiger partial charge on any atom is -0.475 e. The Morgan fingerprint density at radius 3 is 2.73 bits per heavy atom. The van der Waals surface area contributed by atoms with E-state index < -0.39 is 12.1 Å². The molecule has 30 heavy (non-hydrogen) atoms. The number of thiazole rings is 1. The van der Waals surface area contributed by atoms with Gasteiger partial charge in [-0.2, -0.15) is 13.2 Å². The molecule has 0 radical (unpaired) electrons. The van der Waals surface area contributed by atoms with Gasteiger partial charge in [0, 0.05) is 32.1 Å². The van der Waals surface area contributed by atoms with Gasteiger partial charge in [-0.15, -0.1) is 11.3 Å². The maximum Gasteiger partial charge on any atom is 0.490 e. The van der Waals surface area contributed by atoms with Crippen LogP contribution in [0.25, 0.3) is 0 Å². The number of aromatic nitrogens is 1. The Labute approximate surface area is 176 Å². The number of nitrogens with zero attached hydrogens (tertiary/aromatic N) is 2. The van der Waals surface area contributed by atoms with E-state index in [-0.39, 0.29) is 18.1 Å². The molecule has 2 aliphatic heterocycles. The number of alkyl halides is 3. The van der Waals surface area contributed by atoms with Crippen LogP contribution in [0.3, 0.4) is 0 Å². The number of nitrogens with one attached hydrogen (secondary N) is 1. The van der Waals surface area contributed by atoms with Crippen molar-refractivity contribution in [2.24, 2.45) is 5.92 Å². The number of halogens is 3. The maximum atomic E-state index is 12.1. The number of rotatable bonds is 6.